The van der Waals surface area contributed by atoms with Gasteiger partial charge in [-0.1, -0.05) is 25.5 Å². The van der Waals surface area contributed by atoms with Gasteiger partial charge in [-0.25, -0.2) is 0 Å². The number of hydrogen-bond donors (Lipinski definition) is 1. The molecule has 11 heavy (non-hydrogen) atoms. The minimum Gasteiger partial charge on any atom is -0.420 e. The average molecular weight is 237 g/mol. The number of hydrogen-bond acceptors (Lipinski definition) is 1. The molecule has 0 aliphatic rings. The van der Waals surface area contributed by atoms with Crippen LogP contribution in [0.15, 0.2) is 18.2 Å². The van der Waals surface area contributed by atoms with Crippen LogP contribution in [0, 0.1) is 6.07 Å². The summed E-state index contributed by atoms with van der Waals surface area (Å²) in [6.07, 6.45) is 0. The fourth-order valence-corrected chi connectivity index (χ4v) is 0.808. The van der Waals surface area contributed by atoms with Crippen LogP contribution in [-0.2, 0) is 19.5 Å². The topological polar surface area (TPSA) is 26.0 Å². The molecule has 1 rings (SSSR count). The molecule has 0 atom stereocenters. The van der Waals surface area contributed by atoms with Gasteiger partial charge in [-0.3, -0.25) is 0 Å². The van der Waals surface area contributed by atoms with E-state index in [1.54, 1.807) is 0 Å². The van der Waals surface area contributed by atoms with Gasteiger partial charge >= 0.3 is 0 Å². The van der Waals surface area contributed by atoms with Gasteiger partial charge in [-0.15, -0.1) is 6.07 Å². The zero-order valence-electron chi connectivity index (χ0n) is 6.72. The maximum Gasteiger partial charge on any atom is 0 e. The molecule has 0 aromatic heterocycles. The number of benzene rings is 1. The average Bonchev–Trinajstić information content (AvgIpc) is 1.88. The molecule has 63 valence electrons. The Kier molecular flexibility index (Phi) is 4.36. The molecule has 0 bridgehead atoms. The summed E-state index contributed by atoms with van der Waals surface area (Å²) < 4.78 is 0. The molecule has 1 aromatic carbocycles. The van der Waals surface area contributed by atoms with Gasteiger partial charge in [0.05, 0.1) is 0 Å². The van der Waals surface area contributed by atoms with E-state index in [9.17, 15) is 0 Å². The van der Waals surface area contributed by atoms with E-state index in [4.69, 9.17) is 5.73 Å². The summed E-state index contributed by atoms with van der Waals surface area (Å²) in [6, 6.07) is 8.83. The van der Waals surface area contributed by atoms with Gasteiger partial charge in [0, 0.05) is 19.5 Å². The van der Waals surface area contributed by atoms with Gasteiger partial charge in [0.15, 0.2) is 0 Å². The molecule has 0 amide bonds. The zero-order valence-corrected chi connectivity index (χ0v) is 8.36. The van der Waals surface area contributed by atoms with Crippen LogP contribution in [0.4, 0.5) is 5.69 Å². The molecule has 1 nitrogen and oxygen atoms in total. The van der Waals surface area contributed by atoms with Crippen molar-refractivity contribution in [3.63, 3.8) is 0 Å². The first-order chi connectivity index (χ1) is 4.70. The minimum absolute atomic E-state index is 0. The van der Waals surface area contributed by atoms with Gasteiger partial charge in [0.1, 0.15) is 0 Å². The van der Waals surface area contributed by atoms with Crippen LogP contribution < -0.4 is 5.73 Å². The van der Waals surface area contributed by atoms with Crippen molar-refractivity contribution in [2.75, 3.05) is 5.73 Å². The molecule has 2 N–H and O–H groups in total. The van der Waals surface area contributed by atoms with Gasteiger partial charge in [0.2, 0.25) is 0 Å². The van der Waals surface area contributed by atoms with Crippen LogP contribution in [0.2, 0.25) is 0 Å². The van der Waals surface area contributed by atoms with Crippen LogP contribution >= 0.6 is 0 Å². The van der Waals surface area contributed by atoms with E-state index in [0.29, 0.717) is 11.6 Å². The fraction of sp³-hybridized carbons (Fsp3) is 0.333. The third-order valence-electron chi connectivity index (χ3n) is 1.53. The summed E-state index contributed by atoms with van der Waals surface area (Å²) in [4.78, 5) is 0. The van der Waals surface area contributed by atoms with Crippen molar-refractivity contribution in [3.8, 4) is 0 Å². The Bertz CT molecular complexity index is 203. The van der Waals surface area contributed by atoms with E-state index in [1.807, 2.05) is 18.2 Å². The standard InChI is InChI=1S/C9H12N.Rh/c1-7(2)8-3-5-9(10)6-4-8;/h3-5,7H,10H2,1-2H3;/q-1;. The maximum absolute atomic E-state index is 5.47. The third kappa shape index (κ3) is 3.03. The van der Waals surface area contributed by atoms with E-state index < -0.39 is 0 Å². The van der Waals surface area contributed by atoms with Crippen molar-refractivity contribution >= 4 is 5.69 Å². The fourth-order valence-electron chi connectivity index (χ4n) is 0.808. The molecule has 0 saturated carbocycles. The van der Waals surface area contributed by atoms with Crippen molar-refractivity contribution < 1.29 is 19.5 Å². The van der Waals surface area contributed by atoms with E-state index in [1.165, 1.54) is 5.56 Å². The van der Waals surface area contributed by atoms with Gasteiger partial charge in [0.25, 0.3) is 0 Å². The second-order valence-corrected chi connectivity index (χ2v) is 2.73. The van der Waals surface area contributed by atoms with E-state index in [2.05, 4.69) is 19.9 Å². The molecule has 1 aromatic rings. The Morgan fingerprint density at radius 3 is 2.36 bits per heavy atom. The summed E-state index contributed by atoms with van der Waals surface area (Å²) in [5.41, 5.74) is 7.47. The SMILES string of the molecule is CC(C)c1c[c-]c(N)cc1.[Rh]. The van der Waals surface area contributed by atoms with Gasteiger partial charge < -0.3 is 5.73 Å². The Morgan fingerprint density at radius 1 is 1.36 bits per heavy atom. The van der Waals surface area contributed by atoms with E-state index in [0.717, 1.165) is 0 Å². The molecule has 0 saturated heterocycles. The predicted octanol–water partition coefficient (Wildman–Crippen LogP) is 2.19. The van der Waals surface area contributed by atoms with Crippen LogP contribution in [0.3, 0.4) is 0 Å². The predicted molar refractivity (Wildman–Crippen MR) is 43.8 cm³/mol. The molecule has 0 aliphatic carbocycles. The molecule has 0 heterocycles. The first-order valence-electron chi connectivity index (χ1n) is 3.47. The van der Waals surface area contributed by atoms with Crippen LogP contribution in [0.5, 0.6) is 0 Å². The Balaban J connectivity index is 0.000001000. The normalized spacial score (nSPS) is 9.36. The molecule has 2 heteroatoms. The molecular weight excluding hydrogens is 225 g/mol. The van der Waals surface area contributed by atoms with Crippen molar-refractivity contribution in [3.05, 3.63) is 29.8 Å². The third-order valence-corrected chi connectivity index (χ3v) is 1.53. The molecule has 0 spiro atoms. The van der Waals surface area contributed by atoms with Crippen molar-refractivity contribution in [1.29, 1.82) is 0 Å². The van der Waals surface area contributed by atoms with Crippen molar-refractivity contribution in [2.24, 2.45) is 0 Å². The van der Waals surface area contributed by atoms with E-state index in [-0.39, 0.29) is 19.5 Å². The van der Waals surface area contributed by atoms with Crippen LogP contribution in [-0.4, -0.2) is 0 Å². The molecule has 0 unspecified atom stereocenters. The van der Waals surface area contributed by atoms with E-state index >= 15 is 0 Å². The molecule has 1 radical (unpaired) electrons. The molecule has 0 aliphatic heterocycles. The summed E-state index contributed by atoms with van der Waals surface area (Å²) in [5.74, 6) is 0.567. The van der Waals surface area contributed by atoms with Crippen molar-refractivity contribution in [2.45, 2.75) is 19.8 Å². The van der Waals surface area contributed by atoms with Crippen LogP contribution in [0.25, 0.3) is 0 Å². The second kappa shape index (κ2) is 4.51. The Hall–Kier alpha value is -0.357. The maximum atomic E-state index is 5.47. The summed E-state index contributed by atoms with van der Waals surface area (Å²) >= 11 is 0. The summed E-state index contributed by atoms with van der Waals surface area (Å²) in [7, 11) is 0. The van der Waals surface area contributed by atoms with Gasteiger partial charge in [-0.05, 0) is 0 Å². The first-order valence-corrected chi connectivity index (χ1v) is 3.47. The van der Waals surface area contributed by atoms with Gasteiger partial charge in [-0.2, -0.15) is 23.8 Å². The first kappa shape index (κ1) is 10.6. The summed E-state index contributed by atoms with van der Waals surface area (Å²) in [5, 5.41) is 0. The number of nitrogen functional groups attached to an aromatic ring is 1. The van der Waals surface area contributed by atoms with Crippen LogP contribution in [0.1, 0.15) is 25.3 Å². The number of nitrogens with two attached hydrogens (primary N) is 1. The zero-order chi connectivity index (χ0) is 7.56. The minimum atomic E-state index is 0. The molecule has 0 fully saturated rings. The summed E-state index contributed by atoms with van der Waals surface area (Å²) in [6.45, 7) is 4.30. The quantitative estimate of drug-likeness (QED) is 0.452. The molecular formula is C9H12NRh-. The number of anilines is 1. The number of rotatable bonds is 1. The van der Waals surface area contributed by atoms with Crippen molar-refractivity contribution in [1.82, 2.24) is 0 Å². The largest absolute Gasteiger partial charge is 0.420 e. The second-order valence-electron chi connectivity index (χ2n) is 2.73. The monoisotopic (exact) mass is 237 g/mol. The Morgan fingerprint density at radius 2 is 2.00 bits per heavy atom. The Labute approximate surface area is 80.7 Å². The smallest absolute Gasteiger partial charge is 0 e.